The zero-order chi connectivity index (χ0) is 26.3. The zero-order valence-electron chi connectivity index (χ0n) is 24.9. The summed E-state index contributed by atoms with van der Waals surface area (Å²) in [5, 5.41) is 0. The van der Waals surface area contributed by atoms with Crippen LogP contribution in [-0.2, 0) is 4.74 Å². The number of nitrogens with zero attached hydrogens (tertiary/aromatic N) is 1. The highest BCUT2D eigenvalue weighted by molar-refractivity contribution is 5.91. The molecule has 4 unspecified atom stereocenters. The van der Waals surface area contributed by atoms with Gasteiger partial charge in [0.2, 0.25) is 0 Å². The van der Waals surface area contributed by atoms with Crippen molar-refractivity contribution in [1.82, 2.24) is 0 Å². The van der Waals surface area contributed by atoms with Gasteiger partial charge < -0.3 is 4.74 Å². The number of rotatable bonds is 4. The molecule has 0 amide bonds. The molecule has 10 atom stereocenters. The molecule has 2 nitrogen and oxygen atoms in total. The minimum absolute atomic E-state index is 0.158. The molecule has 5 fully saturated rings. The molecule has 0 aromatic heterocycles. The van der Waals surface area contributed by atoms with E-state index in [-0.39, 0.29) is 10.8 Å². The molecule has 0 saturated heterocycles. The average Bonchev–Trinajstić information content (AvgIpc) is 3.25. The summed E-state index contributed by atoms with van der Waals surface area (Å²) in [5.74, 6) is 4.67. The standard InChI is InChI=1S/C34H55NO/c1-11-30(5)26-15-18-33(8)27(31(26,6)17-16-28(30)35-9)13-12-25-29-24(22(2)3)14-19-34(29,23(4)36-10)21-20-32(25,33)7/h24-27,29H,2,4,11-21H2,1,3,5-10H3/t24?,25?,26-,27?,29?,30-,31-,32+,33+,34+/m0/s1. The lowest BCUT2D eigenvalue weighted by atomic mass is 9.32. The molecule has 5 saturated carbocycles. The minimum atomic E-state index is 0.158. The van der Waals surface area contributed by atoms with E-state index in [2.05, 4.69) is 54.7 Å². The summed E-state index contributed by atoms with van der Waals surface area (Å²) in [6.45, 7) is 24.5. The Labute approximate surface area is 222 Å². The number of aliphatic imine (C=N–C) groups is 1. The highest BCUT2D eigenvalue weighted by atomic mass is 16.5. The second-order valence-corrected chi connectivity index (χ2v) is 14.9. The first-order valence-electron chi connectivity index (χ1n) is 15.2. The molecule has 0 bridgehead atoms. The Balaban J connectivity index is 1.56. The Kier molecular flexibility index (Phi) is 6.25. The summed E-state index contributed by atoms with van der Waals surface area (Å²) in [5.41, 5.74) is 4.54. The summed E-state index contributed by atoms with van der Waals surface area (Å²) in [6, 6.07) is 0. The molecule has 0 spiro atoms. The molecule has 0 heterocycles. The summed E-state index contributed by atoms with van der Waals surface area (Å²) in [7, 11) is 3.91. The van der Waals surface area contributed by atoms with Crippen LogP contribution in [0, 0.1) is 56.7 Å². The fraction of sp³-hybridized carbons (Fsp3) is 0.853. The van der Waals surface area contributed by atoms with Crippen molar-refractivity contribution in [2.75, 3.05) is 14.2 Å². The second-order valence-electron chi connectivity index (χ2n) is 14.9. The second kappa shape index (κ2) is 8.47. The zero-order valence-corrected chi connectivity index (χ0v) is 24.9. The van der Waals surface area contributed by atoms with Crippen LogP contribution in [0.3, 0.4) is 0 Å². The average molecular weight is 494 g/mol. The Morgan fingerprint density at radius 2 is 1.64 bits per heavy atom. The number of ether oxygens (including phenoxy) is 1. The van der Waals surface area contributed by atoms with Crippen molar-refractivity contribution in [3.05, 3.63) is 24.5 Å². The van der Waals surface area contributed by atoms with Crippen molar-refractivity contribution in [3.8, 4) is 0 Å². The van der Waals surface area contributed by atoms with Gasteiger partial charge in [-0.15, -0.1) is 0 Å². The van der Waals surface area contributed by atoms with Crippen LogP contribution in [-0.4, -0.2) is 19.9 Å². The van der Waals surface area contributed by atoms with Crippen LogP contribution in [0.4, 0.5) is 0 Å². The van der Waals surface area contributed by atoms with E-state index in [0.717, 1.165) is 23.5 Å². The first-order chi connectivity index (χ1) is 16.9. The highest BCUT2D eigenvalue weighted by Crippen LogP contribution is 2.78. The van der Waals surface area contributed by atoms with E-state index < -0.39 is 0 Å². The Morgan fingerprint density at radius 3 is 2.25 bits per heavy atom. The quantitative estimate of drug-likeness (QED) is 0.282. The molecule has 36 heavy (non-hydrogen) atoms. The Bertz CT molecular complexity index is 964. The van der Waals surface area contributed by atoms with Crippen LogP contribution >= 0.6 is 0 Å². The van der Waals surface area contributed by atoms with Gasteiger partial charge in [0.1, 0.15) is 0 Å². The van der Waals surface area contributed by atoms with Crippen LogP contribution in [0.15, 0.2) is 29.5 Å². The van der Waals surface area contributed by atoms with E-state index in [4.69, 9.17) is 9.73 Å². The summed E-state index contributed by atoms with van der Waals surface area (Å²) >= 11 is 0. The molecule has 202 valence electrons. The molecule has 0 N–H and O–H groups in total. The number of fused-ring (bicyclic) bond motifs is 7. The maximum Gasteiger partial charge on any atom is 0.0948 e. The fourth-order valence-corrected chi connectivity index (χ4v) is 12.3. The van der Waals surface area contributed by atoms with E-state index in [1.54, 1.807) is 0 Å². The van der Waals surface area contributed by atoms with Crippen molar-refractivity contribution >= 4 is 5.71 Å². The minimum Gasteiger partial charge on any atom is -0.501 e. The maximum atomic E-state index is 5.97. The predicted octanol–water partition coefficient (Wildman–Crippen LogP) is 9.27. The predicted molar refractivity (Wildman–Crippen MR) is 153 cm³/mol. The third-order valence-corrected chi connectivity index (χ3v) is 14.5. The molecular formula is C34H55NO. The summed E-state index contributed by atoms with van der Waals surface area (Å²) in [6.07, 6.45) is 14.4. The fourth-order valence-electron chi connectivity index (χ4n) is 12.3. The van der Waals surface area contributed by atoms with Crippen molar-refractivity contribution in [2.24, 2.45) is 61.7 Å². The molecule has 5 aliphatic carbocycles. The Hall–Kier alpha value is -1.05. The third-order valence-electron chi connectivity index (χ3n) is 14.5. The van der Waals surface area contributed by atoms with Crippen LogP contribution in [0.25, 0.3) is 0 Å². The van der Waals surface area contributed by atoms with Gasteiger partial charge in [0.25, 0.3) is 0 Å². The van der Waals surface area contributed by atoms with Crippen LogP contribution < -0.4 is 0 Å². The van der Waals surface area contributed by atoms with E-state index in [9.17, 15) is 0 Å². The summed E-state index contributed by atoms with van der Waals surface area (Å²) < 4.78 is 5.97. The lowest BCUT2D eigenvalue weighted by Crippen LogP contribution is -2.66. The van der Waals surface area contributed by atoms with Crippen molar-refractivity contribution in [3.63, 3.8) is 0 Å². The van der Waals surface area contributed by atoms with Crippen LogP contribution in [0.1, 0.15) is 112 Å². The molecule has 5 rings (SSSR count). The molecule has 0 aliphatic heterocycles. The highest BCUT2D eigenvalue weighted by Gasteiger charge is 2.71. The normalized spacial score (nSPS) is 53.1. The van der Waals surface area contributed by atoms with Crippen LogP contribution in [0.2, 0.25) is 0 Å². The number of methoxy groups -OCH3 is 1. The lowest BCUT2D eigenvalue weighted by molar-refractivity contribution is -0.228. The number of hydrogen-bond donors (Lipinski definition) is 0. The largest absolute Gasteiger partial charge is 0.501 e. The van der Waals surface area contributed by atoms with E-state index in [0.29, 0.717) is 28.1 Å². The topological polar surface area (TPSA) is 21.6 Å². The molecule has 0 aromatic carbocycles. The van der Waals surface area contributed by atoms with Gasteiger partial charge in [0.15, 0.2) is 0 Å². The van der Waals surface area contributed by atoms with Gasteiger partial charge in [-0.05, 0) is 123 Å². The third kappa shape index (κ3) is 3.05. The first kappa shape index (κ1) is 26.6. The Morgan fingerprint density at radius 1 is 0.917 bits per heavy atom. The van der Waals surface area contributed by atoms with Gasteiger partial charge in [-0.2, -0.15) is 0 Å². The van der Waals surface area contributed by atoms with Gasteiger partial charge in [0.05, 0.1) is 12.9 Å². The number of allylic oxidation sites excluding steroid dienone is 2. The molecule has 2 heteroatoms. The molecule has 0 radical (unpaired) electrons. The molecular weight excluding hydrogens is 438 g/mol. The van der Waals surface area contributed by atoms with E-state index >= 15 is 0 Å². The first-order valence-corrected chi connectivity index (χ1v) is 15.2. The van der Waals surface area contributed by atoms with Gasteiger partial charge >= 0.3 is 0 Å². The van der Waals surface area contributed by atoms with Crippen molar-refractivity contribution < 1.29 is 4.74 Å². The van der Waals surface area contributed by atoms with E-state index in [1.165, 1.54) is 81.9 Å². The van der Waals surface area contributed by atoms with Crippen molar-refractivity contribution in [1.29, 1.82) is 0 Å². The molecule has 5 aliphatic rings. The SMILES string of the molecule is C=C(C)C1CC[C@]2(C(=C)OC)CC[C@]3(C)C(CCC4[C@@]5(C)CCC(=NC)[C@@](C)(CC)[C@@H]5CC[C@]43C)C12. The van der Waals surface area contributed by atoms with Gasteiger partial charge in [-0.3, -0.25) is 4.99 Å². The van der Waals surface area contributed by atoms with Gasteiger partial charge in [-0.25, -0.2) is 0 Å². The monoisotopic (exact) mass is 493 g/mol. The number of hydrogen-bond acceptors (Lipinski definition) is 2. The molecule has 0 aromatic rings. The van der Waals surface area contributed by atoms with Gasteiger partial charge in [-0.1, -0.05) is 53.3 Å². The van der Waals surface area contributed by atoms with Gasteiger partial charge in [0, 0.05) is 23.6 Å². The lowest BCUT2D eigenvalue weighted by Gasteiger charge is -2.72. The van der Waals surface area contributed by atoms with Crippen LogP contribution in [0.5, 0.6) is 0 Å². The smallest absolute Gasteiger partial charge is 0.0948 e. The summed E-state index contributed by atoms with van der Waals surface area (Å²) in [4.78, 5) is 4.88. The van der Waals surface area contributed by atoms with Crippen molar-refractivity contribution in [2.45, 2.75) is 112 Å². The van der Waals surface area contributed by atoms with E-state index in [1.807, 2.05) is 14.2 Å². The maximum absolute atomic E-state index is 5.97.